The monoisotopic (exact) mass is 272 g/mol. The number of ether oxygens (including phenoxy) is 1. The van der Waals surface area contributed by atoms with Crippen LogP contribution in [0.15, 0.2) is 0 Å². The smallest absolute Gasteiger partial charge is 0.407 e. The minimum Gasteiger partial charge on any atom is -0.450 e. The average molecular weight is 272 g/mol. The van der Waals surface area contributed by atoms with Gasteiger partial charge in [-0.3, -0.25) is 0 Å². The van der Waals surface area contributed by atoms with Crippen LogP contribution in [0, 0.1) is 0 Å². The first-order valence-corrected chi connectivity index (χ1v) is 7.72. The normalized spacial score (nSPS) is 10.7. The number of hydrogen-bond acceptors (Lipinski definition) is 3. The molecule has 0 bridgehead atoms. The lowest BCUT2D eigenvalue weighted by molar-refractivity contribution is 0.143. The predicted octanol–water partition coefficient (Wildman–Crippen LogP) is 3.41. The number of unbranched alkanes of at least 4 members (excludes halogenated alkanes) is 6. The molecule has 0 rings (SSSR count). The second-order valence-corrected chi connectivity index (χ2v) is 5.34. The molecule has 0 aliphatic heterocycles. The Balaban J connectivity index is 3.16. The third-order valence-corrected chi connectivity index (χ3v) is 3.03. The highest BCUT2D eigenvalue weighted by atomic mass is 16.5. The van der Waals surface area contributed by atoms with Gasteiger partial charge in [0.1, 0.15) is 0 Å². The standard InChI is InChI=1S/C15H32N2O2/c1-4-5-6-9-12-16-15(18)19-14-11-8-7-10-13-17(2)3/h4-14H2,1-3H3,(H,16,18). The lowest BCUT2D eigenvalue weighted by Gasteiger charge is -2.09. The Morgan fingerprint density at radius 2 is 1.68 bits per heavy atom. The summed E-state index contributed by atoms with van der Waals surface area (Å²) < 4.78 is 5.12. The van der Waals surface area contributed by atoms with Gasteiger partial charge in [0.05, 0.1) is 6.61 Å². The van der Waals surface area contributed by atoms with Crippen LogP contribution in [0.1, 0.15) is 58.3 Å². The fourth-order valence-corrected chi connectivity index (χ4v) is 1.84. The van der Waals surface area contributed by atoms with Crippen molar-refractivity contribution < 1.29 is 9.53 Å². The maximum atomic E-state index is 11.3. The molecule has 0 fully saturated rings. The molecule has 0 saturated heterocycles. The highest BCUT2D eigenvalue weighted by Crippen LogP contribution is 2.01. The molecule has 0 heterocycles. The van der Waals surface area contributed by atoms with Gasteiger partial charge in [0.15, 0.2) is 0 Å². The quantitative estimate of drug-likeness (QED) is 0.554. The van der Waals surface area contributed by atoms with Gasteiger partial charge in [-0.1, -0.05) is 39.0 Å². The Kier molecular flexibility index (Phi) is 13.1. The Hall–Kier alpha value is -0.770. The van der Waals surface area contributed by atoms with Crippen LogP contribution in [0.2, 0.25) is 0 Å². The van der Waals surface area contributed by atoms with Crippen LogP contribution < -0.4 is 5.32 Å². The Morgan fingerprint density at radius 3 is 2.37 bits per heavy atom. The number of nitrogens with zero attached hydrogens (tertiary/aromatic N) is 1. The number of rotatable bonds is 12. The summed E-state index contributed by atoms with van der Waals surface area (Å²) in [5, 5.41) is 2.79. The molecule has 1 amide bonds. The molecule has 0 aromatic rings. The summed E-state index contributed by atoms with van der Waals surface area (Å²) in [5.41, 5.74) is 0. The van der Waals surface area contributed by atoms with Gasteiger partial charge in [-0.25, -0.2) is 4.79 Å². The number of amides is 1. The van der Waals surface area contributed by atoms with Crippen molar-refractivity contribution in [3.8, 4) is 0 Å². The predicted molar refractivity (Wildman–Crippen MR) is 80.5 cm³/mol. The van der Waals surface area contributed by atoms with Gasteiger partial charge >= 0.3 is 6.09 Å². The number of carbonyl (C=O) groups excluding carboxylic acids is 1. The summed E-state index contributed by atoms with van der Waals surface area (Å²) >= 11 is 0. The molecule has 0 spiro atoms. The third-order valence-electron chi connectivity index (χ3n) is 3.03. The van der Waals surface area contributed by atoms with Crippen LogP contribution in [-0.4, -0.2) is 44.8 Å². The van der Waals surface area contributed by atoms with Gasteiger partial charge in [-0.15, -0.1) is 0 Å². The molecule has 114 valence electrons. The van der Waals surface area contributed by atoms with Crippen LogP contribution in [0.3, 0.4) is 0 Å². The average Bonchev–Trinajstić information content (AvgIpc) is 2.37. The zero-order chi connectivity index (χ0) is 14.3. The first-order valence-electron chi connectivity index (χ1n) is 7.72. The van der Waals surface area contributed by atoms with Crippen molar-refractivity contribution in [3.63, 3.8) is 0 Å². The second-order valence-electron chi connectivity index (χ2n) is 5.34. The second kappa shape index (κ2) is 13.7. The van der Waals surface area contributed by atoms with Crippen LogP contribution in [0.4, 0.5) is 4.79 Å². The SMILES string of the molecule is CCCCCCNC(=O)OCCCCCCN(C)C. The van der Waals surface area contributed by atoms with E-state index in [9.17, 15) is 4.79 Å². The first kappa shape index (κ1) is 18.2. The largest absolute Gasteiger partial charge is 0.450 e. The van der Waals surface area contributed by atoms with Gasteiger partial charge < -0.3 is 15.0 Å². The molecule has 0 radical (unpaired) electrons. The molecule has 0 aromatic heterocycles. The Bertz CT molecular complexity index is 208. The van der Waals surface area contributed by atoms with Crippen molar-refractivity contribution in [1.82, 2.24) is 10.2 Å². The first-order chi connectivity index (χ1) is 9.16. The van der Waals surface area contributed by atoms with Gasteiger partial charge in [0.2, 0.25) is 0 Å². The lowest BCUT2D eigenvalue weighted by atomic mass is 10.2. The van der Waals surface area contributed by atoms with Crippen molar-refractivity contribution in [2.24, 2.45) is 0 Å². The Labute approximate surface area is 118 Å². The van der Waals surface area contributed by atoms with Crippen molar-refractivity contribution >= 4 is 6.09 Å². The van der Waals surface area contributed by atoms with E-state index in [1.54, 1.807) is 0 Å². The summed E-state index contributed by atoms with van der Waals surface area (Å²) in [7, 11) is 4.18. The number of hydrogen-bond donors (Lipinski definition) is 1. The zero-order valence-corrected chi connectivity index (χ0v) is 13.0. The maximum absolute atomic E-state index is 11.3. The third kappa shape index (κ3) is 15.2. The lowest BCUT2D eigenvalue weighted by Crippen LogP contribution is -2.25. The highest BCUT2D eigenvalue weighted by Gasteiger charge is 2.00. The van der Waals surface area contributed by atoms with Crippen molar-refractivity contribution in [1.29, 1.82) is 0 Å². The molecule has 0 saturated carbocycles. The van der Waals surface area contributed by atoms with Crippen molar-refractivity contribution in [2.75, 3.05) is 33.8 Å². The molecular formula is C15H32N2O2. The minimum atomic E-state index is -0.259. The van der Waals surface area contributed by atoms with Gasteiger partial charge in [-0.2, -0.15) is 0 Å². The topological polar surface area (TPSA) is 41.6 Å². The minimum absolute atomic E-state index is 0.259. The van der Waals surface area contributed by atoms with E-state index in [4.69, 9.17) is 4.74 Å². The van der Waals surface area contributed by atoms with Gasteiger partial charge in [-0.05, 0) is 39.9 Å². The summed E-state index contributed by atoms with van der Waals surface area (Å²) in [5.74, 6) is 0. The van der Waals surface area contributed by atoms with E-state index in [1.807, 2.05) is 0 Å². The van der Waals surface area contributed by atoms with E-state index in [0.29, 0.717) is 6.61 Å². The van der Waals surface area contributed by atoms with E-state index in [1.165, 1.54) is 32.1 Å². The van der Waals surface area contributed by atoms with E-state index < -0.39 is 0 Å². The molecule has 0 unspecified atom stereocenters. The molecule has 4 heteroatoms. The molecular weight excluding hydrogens is 240 g/mol. The summed E-state index contributed by atoms with van der Waals surface area (Å²) in [6.07, 6.45) is 8.97. The van der Waals surface area contributed by atoms with Crippen LogP contribution in [0.5, 0.6) is 0 Å². The fourth-order valence-electron chi connectivity index (χ4n) is 1.84. The van der Waals surface area contributed by atoms with E-state index in [2.05, 4.69) is 31.2 Å². The molecule has 0 aliphatic carbocycles. The van der Waals surface area contributed by atoms with E-state index in [-0.39, 0.29) is 6.09 Å². The summed E-state index contributed by atoms with van der Waals surface area (Å²) in [4.78, 5) is 13.5. The molecule has 0 aliphatic rings. The molecule has 1 N–H and O–H groups in total. The van der Waals surface area contributed by atoms with E-state index in [0.717, 1.165) is 32.4 Å². The van der Waals surface area contributed by atoms with Crippen LogP contribution in [-0.2, 0) is 4.74 Å². The highest BCUT2D eigenvalue weighted by molar-refractivity contribution is 5.66. The van der Waals surface area contributed by atoms with Gasteiger partial charge in [0.25, 0.3) is 0 Å². The number of carbonyl (C=O) groups is 1. The molecule has 0 atom stereocenters. The summed E-state index contributed by atoms with van der Waals surface area (Å²) in [6, 6.07) is 0. The number of nitrogens with one attached hydrogen (secondary N) is 1. The number of alkyl carbamates (subject to hydrolysis) is 1. The maximum Gasteiger partial charge on any atom is 0.407 e. The molecule has 0 aromatic carbocycles. The molecule has 4 nitrogen and oxygen atoms in total. The van der Waals surface area contributed by atoms with Gasteiger partial charge in [0, 0.05) is 6.54 Å². The fraction of sp³-hybridized carbons (Fsp3) is 0.933. The van der Waals surface area contributed by atoms with Crippen molar-refractivity contribution in [3.05, 3.63) is 0 Å². The van der Waals surface area contributed by atoms with E-state index >= 15 is 0 Å². The Morgan fingerprint density at radius 1 is 1.00 bits per heavy atom. The molecule has 19 heavy (non-hydrogen) atoms. The summed E-state index contributed by atoms with van der Waals surface area (Å²) in [6.45, 7) is 4.60. The van der Waals surface area contributed by atoms with Crippen molar-refractivity contribution in [2.45, 2.75) is 58.3 Å². The zero-order valence-electron chi connectivity index (χ0n) is 13.0. The van der Waals surface area contributed by atoms with Crippen LogP contribution in [0.25, 0.3) is 0 Å². The van der Waals surface area contributed by atoms with Crippen LogP contribution >= 0.6 is 0 Å².